The molecule has 1 saturated heterocycles. The number of pyridine rings is 1. The molecule has 0 spiro atoms. The molecule has 2 amide bonds. The Labute approximate surface area is 255 Å². The Hall–Kier alpha value is -5.35. The fourth-order valence-corrected chi connectivity index (χ4v) is 5.93. The van der Waals surface area contributed by atoms with E-state index in [1.165, 1.54) is 0 Å². The van der Waals surface area contributed by atoms with Gasteiger partial charge in [0.1, 0.15) is 12.1 Å². The molecule has 4 heterocycles. The maximum absolute atomic E-state index is 13.4. The van der Waals surface area contributed by atoms with Gasteiger partial charge in [-0.3, -0.25) is 14.5 Å². The van der Waals surface area contributed by atoms with Crippen LogP contribution in [0.1, 0.15) is 6.92 Å². The highest BCUT2D eigenvalue weighted by molar-refractivity contribution is 6.01. The number of benzene rings is 3. The number of rotatable bonds is 6. The lowest BCUT2D eigenvalue weighted by molar-refractivity contribution is 0.108. The number of carbonyl (C=O) groups is 1. The van der Waals surface area contributed by atoms with Gasteiger partial charge in [-0.2, -0.15) is 4.98 Å². The van der Waals surface area contributed by atoms with Crippen molar-refractivity contribution in [3.05, 3.63) is 104 Å². The largest absolute Gasteiger partial charge is 0.350 e. The van der Waals surface area contributed by atoms with Gasteiger partial charge in [-0.05, 0) is 66.9 Å². The second-order valence-electron chi connectivity index (χ2n) is 11.2. The average Bonchev–Trinajstić information content (AvgIpc) is 3.49. The number of hydrogen-bond acceptors (Lipinski definition) is 7. The van der Waals surface area contributed by atoms with Crippen molar-refractivity contribution in [2.24, 2.45) is 0 Å². The zero-order chi connectivity index (χ0) is 30.0. The Bertz CT molecular complexity index is 1940. The van der Waals surface area contributed by atoms with E-state index in [0.29, 0.717) is 19.0 Å². The number of nitrogens with zero attached hydrogens (tertiary/aromatic N) is 7. The minimum absolute atomic E-state index is 0.0224. The predicted octanol–water partition coefficient (Wildman–Crippen LogP) is 5.68. The van der Waals surface area contributed by atoms with Gasteiger partial charge in [0, 0.05) is 55.7 Å². The molecule has 2 N–H and O–H groups in total. The Morgan fingerprint density at radius 2 is 1.75 bits per heavy atom. The van der Waals surface area contributed by atoms with Gasteiger partial charge in [0.25, 0.3) is 0 Å². The van der Waals surface area contributed by atoms with Gasteiger partial charge < -0.3 is 15.5 Å². The van der Waals surface area contributed by atoms with E-state index in [1.807, 2.05) is 58.0 Å². The van der Waals surface area contributed by atoms with Crippen LogP contribution in [-0.2, 0) is 0 Å². The van der Waals surface area contributed by atoms with Crippen LogP contribution in [0.2, 0.25) is 0 Å². The van der Waals surface area contributed by atoms with Gasteiger partial charge in [-0.15, -0.1) is 0 Å². The summed E-state index contributed by atoms with van der Waals surface area (Å²) in [7, 11) is 2.10. The van der Waals surface area contributed by atoms with Gasteiger partial charge in [-0.1, -0.05) is 42.5 Å². The summed E-state index contributed by atoms with van der Waals surface area (Å²) in [6.45, 7) is 4.10. The van der Waals surface area contributed by atoms with E-state index in [9.17, 15) is 4.79 Å². The van der Waals surface area contributed by atoms with Crippen LogP contribution in [0.15, 0.2) is 104 Å². The third-order valence-corrected chi connectivity index (χ3v) is 8.40. The van der Waals surface area contributed by atoms with Crippen molar-refractivity contribution in [1.29, 1.82) is 0 Å². The molecule has 1 fully saturated rings. The number of piperazine rings is 1. The molecule has 0 radical (unpaired) electrons. The van der Waals surface area contributed by atoms with E-state index in [4.69, 9.17) is 4.98 Å². The summed E-state index contributed by atoms with van der Waals surface area (Å²) in [6, 6.07) is 26.1. The van der Waals surface area contributed by atoms with Crippen LogP contribution in [0.4, 0.5) is 16.4 Å². The molecule has 220 valence electrons. The smallest absolute Gasteiger partial charge is 0.321 e. The van der Waals surface area contributed by atoms with Gasteiger partial charge in [-0.25, -0.2) is 14.8 Å². The van der Waals surface area contributed by atoms with Crippen molar-refractivity contribution in [2.45, 2.75) is 19.0 Å². The number of anilines is 2. The molecule has 0 unspecified atom stereocenters. The minimum atomic E-state index is -0.0935. The molecule has 6 aromatic rings. The Morgan fingerprint density at radius 3 is 2.64 bits per heavy atom. The lowest BCUT2D eigenvalue weighted by atomic mass is 10.1. The molecule has 0 aliphatic carbocycles. The second-order valence-corrected chi connectivity index (χ2v) is 11.2. The normalized spacial score (nSPS) is 16.2. The first-order chi connectivity index (χ1) is 21.5. The topological polar surface area (TPSA) is 104 Å². The summed E-state index contributed by atoms with van der Waals surface area (Å²) in [6.07, 6.45) is 7.12. The lowest BCUT2D eigenvalue weighted by Gasteiger charge is -2.42. The van der Waals surface area contributed by atoms with E-state index in [1.54, 1.807) is 24.9 Å². The third kappa shape index (κ3) is 5.43. The van der Waals surface area contributed by atoms with Crippen molar-refractivity contribution >= 4 is 39.5 Å². The second kappa shape index (κ2) is 11.7. The van der Waals surface area contributed by atoms with Gasteiger partial charge in [0.15, 0.2) is 0 Å². The monoisotopic (exact) mass is 583 g/mol. The SMILES string of the molecule is C[C@H](Nc1nccc(-n2cnc3cc(-c4ccncc4)ccc32)n1)[C@H]1CN(C(=O)Nc2cccc3ccccc23)CCN1C. The molecular formula is C34H33N9O. The zero-order valence-electron chi connectivity index (χ0n) is 24.6. The highest BCUT2D eigenvalue weighted by atomic mass is 16.2. The van der Waals surface area contributed by atoms with Crippen molar-refractivity contribution < 1.29 is 4.79 Å². The maximum atomic E-state index is 13.4. The molecule has 1 aliphatic heterocycles. The van der Waals surface area contributed by atoms with E-state index in [2.05, 4.69) is 74.8 Å². The van der Waals surface area contributed by atoms with E-state index in [-0.39, 0.29) is 18.1 Å². The van der Waals surface area contributed by atoms with E-state index >= 15 is 0 Å². The molecule has 1 aliphatic rings. The summed E-state index contributed by atoms with van der Waals surface area (Å²) in [5.41, 5.74) is 4.84. The molecule has 0 bridgehead atoms. The lowest BCUT2D eigenvalue weighted by Crippen LogP contribution is -2.59. The standard InChI is InChI=1S/C34H33N9O/c1-23(31-21-42(19-18-41(31)2)34(44)39-28-9-5-7-25-6-3-4-8-27(25)28)38-33-36-17-14-32(40-33)43-22-37-29-20-26(10-11-30(29)43)24-12-15-35-16-13-24/h3-17,20,22-23,31H,18-19,21H2,1-2H3,(H,39,44)(H,36,38,40)/t23-,31+/m0/s1. The van der Waals surface area contributed by atoms with Crippen LogP contribution >= 0.6 is 0 Å². The Morgan fingerprint density at radius 1 is 0.909 bits per heavy atom. The quantitative estimate of drug-likeness (QED) is 0.260. The Balaban J connectivity index is 1.05. The minimum Gasteiger partial charge on any atom is -0.350 e. The van der Waals surface area contributed by atoms with Crippen LogP contribution in [0, 0.1) is 0 Å². The highest BCUT2D eigenvalue weighted by Crippen LogP contribution is 2.26. The Kier molecular flexibility index (Phi) is 7.33. The van der Waals surface area contributed by atoms with Crippen LogP contribution in [0.5, 0.6) is 0 Å². The summed E-state index contributed by atoms with van der Waals surface area (Å²) in [5.74, 6) is 1.25. The van der Waals surface area contributed by atoms with Crippen LogP contribution in [0.25, 0.3) is 38.8 Å². The number of carbonyl (C=O) groups excluding carboxylic acids is 1. The van der Waals surface area contributed by atoms with Crippen LogP contribution < -0.4 is 10.6 Å². The van der Waals surface area contributed by atoms with Gasteiger partial charge in [0.2, 0.25) is 5.95 Å². The number of likely N-dealkylation sites (N-methyl/N-ethyl adjacent to an activating group) is 1. The van der Waals surface area contributed by atoms with Crippen LogP contribution in [-0.4, -0.2) is 79.1 Å². The summed E-state index contributed by atoms with van der Waals surface area (Å²) < 4.78 is 1.97. The fraction of sp³-hybridized carbons (Fsp3) is 0.206. The first kappa shape index (κ1) is 27.5. The number of imidazole rings is 1. The number of nitrogens with one attached hydrogen (secondary N) is 2. The average molecular weight is 584 g/mol. The number of hydrogen-bond donors (Lipinski definition) is 2. The maximum Gasteiger partial charge on any atom is 0.321 e. The number of urea groups is 1. The number of aromatic nitrogens is 5. The van der Waals surface area contributed by atoms with E-state index in [0.717, 1.165) is 51.0 Å². The molecule has 3 aromatic carbocycles. The van der Waals surface area contributed by atoms with Gasteiger partial charge in [0.05, 0.1) is 16.7 Å². The van der Waals surface area contributed by atoms with Crippen LogP contribution in [0.3, 0.4) is 0 Å². The van der Waals surface area contributed by atoms with Crippen molar-refractivity contribution in [1.82, 2.24) is 34.3 Å². The molecule has 2 atom stereocenters. The van der Waals surface area contributed by atoms with Crippen molar-refractivity contribution in [3.8, 4) is 16.9 Å². The zero-order valence-corrected chi connectivity index (χ0v) is 24.6. The summed E-state index contributed by atoms with van der Waals surface area (Å²) >= 11 is 0. The molecule has 0 saturated carbocycles. The first-order valence-corrected chi connectivity index (χ1v) is 14.7. The molecule has 10 nitrogen and oxygen atoms in total. The number of fused-ring (bicyclic) bond motifs is 2. The van der Waals surface area contributed by atoms with Crippen molar-refractivity contribution in [2.75, 3.05) is 37.3 Å². The highest BCUT2D eigenvalue weighted by Gasteiger charge is 2.31. The summed E-state index contributed by atoms with van der Waals surface area (Å²) in [5, 5.41) is 8.76. The molecule has 10 heteroatoms. The van der Waals surface area contributed by atoms with Gasteiger partial charge >= 0.3 is 6.03 Å². The fourth-order valence-electron chi connectivity index (χ4n) is 5.93. The third-order valence-electron chi connectivity index (χ3n) is 8.40. The molecule has 3 aromatic heterocycles. The molecular weight excluding hydrogens is 550 g/mol. The molecule has 7 rings (SSSR count). The van der Waals surface area contributed by atoms with E-state index < -0.39 is 0 Å². The molecule has 44 heavy (non-hydrogen) atoms. The first-order valence-electron chi connectivity index (χ1n) is 14.7. The predicted molar refractivity (Wildman–Crippen MR) is 174 cm³/mol. The number of amides is 2. The summed E-state index contributed by atoms with van der Waals surface area (Å²) in [4.78, 5) is 35.6. The van der Waals surface area contributed by atoms with Crippen molar-refractivity contribution in [3.63, 3.8) is 0 Å².